The first kappa shape index (κ1) is 16.4. The smallest absolute Gasteiger partial charge is 0.272 e. The Labute approximate surface area is 131 Å². The van der Waals surface area contributed by atoms with Crippen molar-refractivity contribution in [2.75, 3.05) is 39.8 Å². The van der Waals surface area contributed by atoms with Crippen LogP contribution >= 0.6 is 0 Å². The van der Waals surface area contributed by atoms with Crippen molar-refractivity contribution in [2.24, 2.45) is 5.92 Å². The van der Waals surface area contributed by atoms with E-state index in [1.807, 2.05) is 20.9 Å². The summed E-state index contributed by atoms with van der Waals surface area (Å²) in [5, 5.41) is 2.85. The number of nitrogens with zero attached hydrogens (tertiary/aromatic N) is 3. The van der Waals surface area contributed by atoms with Gasteiger partial charge in [-0.3, -0.25) is 14.6 Å². The molecular formula is C16H24N4O2. The highest BCUT2D eigenvalue weighted by Crippen LogP contribution is 2.08. The summed E-state index contributed by atoms with van der Waals surface area (Å²) in [6.45, 7) is 7.80. The molecule has 0 atom stereocenters. The molecule has 1 saturated heterocycles. The van der Waals surface area contributed by atoms with Gasteiger partial charge in [-0.2, -0.15) is 0 Å². The van der Waals surface area contributed by atoms with E-state index in [9.17, 15) is 9.59 Å². The Hall–Kier alpha value is -1.95. The number of carbonyl (C=O) groups excluding carboxylic acids is 2. The third-order valence-corrected chi connectivity index (χ3v) is 3.70. The van der Waals surface area contributed by atoms with Crippen LogP contribution in [-0.4, -0.2) is 66.4 Å². The fourth-order valence-electron chi connectivity index (χ4n) is 2.26. The average Bonchev–Trinajstić information content (AvgIpc) is 2.52. The molecule has 0 aromatic carbocycles. The number of amides is 2. The van der Waals surface area contributed by atoms with Crippen LogP contribution in [-0.2, 0) is 0 Å². The minimum absolute atomic E-state index is 0.105. The quantitative estimate of drug-likeness (QED) is 0.896. The molecule has 120 valence electrons. The van der Waals surface area contributed by atoms with Gasteiger partial charge < -0.3 is 15.1 Å². The van der Waals surface area contributed by atoms with Crippen LogP contribution in [0.3, 0.4) is 0 Å². The molecule has 1 aromatic heterocycles. The summed E-state index contributed by atoms with van der Waals surface area (Å²) in [6, 6.07) is 3.22. The Kier molecular flexibility index (Phi) is 5.49. The maximum Gasteiger partial charge on any atom is 0.272 e. The number of carbonyl (C=O) groups is 2. The number of hydrogen-bond acceptors (Lipinski definition) is 4. The zero-order chi connectivity index (χ0) is 16.1. The van der Waals surface area contributed by atoms with Gasteiger partial charge in [0.15, 0.2) is 0 Å². The average molecular weight is 304 g/mol. The minimum atomic E-state index is -0.163. The topological polar surface area (TPSA) is 65.5 Å². The van der Waals surface area contributed by atoms with Crippen LogP contribution in [0.5, 0.6) is 0 Å². The molecule has 0 bridgehead atoms. The van der Waals surface area contributed by atoms with E-state index in [0.29, 0.717) is 36.8 Å². The van der Waals surface area contributed by atoms with E-state index in [0.717, 1.165) is 13.1 Å². The fourth-order valence-corrected chi connectivity index (χ4v) is 2.26. The molecule has 22 heavy (non-hydrogen) atoms. The molecule has 1 aliphatic heterocycles. The van der Waals surface area contributed by atoms with E-state index in [1.165, 1.54) is 6.20 Å². The maximum atomic E-state index is 12.5. The van der Waals surface area contributed by atoms with Crippen molar-refractivity contribution >= 4 is 11.8 Å². The van der Waals surface area contributed by atoms with Crippen molar-refractivity contribution in [2.45, 2.75) is 13.8 Å². The lowest BCUT2D eigenvalue weighted by molar-refractivity contribution is 0.0658. The Morgan fingerprint density at radius 3 is 2.59 bits per heavy atom. The monoisotopic (exact) mass is 304 g/mol. The molecule has 0 saturated carbocycles. The first-order chi connectivity index (χ1) is 10.5. The van der Waals surface area contributed by atoms with Crippen LogP contribution in [0.15, 0.2) is 18.3 Å². The standard InChI is InChI=1S/C16H24N4O2/c1-12(2)11-18-15(21)13-4-5-17-14(10-13)16(22)20-8-6-19(3)7-9-20/h4-5,10,12H,6-9,11H2,1-3H3,(H,18,21). The normalized spacial score (nSPS) is 15.9. The fraction of sp³-hybridized carbons (Fsp3) is 0.562. The number of piperazine rings is 1. The van der Waals surface area contributed by atoms with Crippen molar-refractivity contribution in [1.29, 1.82) is 0 Å². The molecule has 1 N–H and O–H groups in total. The van der Waals surface area contributed by atoms with Gasteiger partial charge in [0.25, 0.3) is 11.8 Å². The second-order valence-electron chi connectivity index (χ2n) is 6.13. The number of rotatable bonds is 4. The summed E-state index contributed by atoms with van der Waals surface area (Å²) in [7, 11) is 2.04. The summed E-state index contributed by atoms with van der Waals surface area (Å²) < 4.78 is 0. The van der Waals surface area contributed by atoms with Gasteiger partial charge in [-0.25, -0.2) is 0 Å². The highest BCUT2D eigenvalue weighted by Gasteiger charge is 2.22. The molecule has 6 nitrogen and oxygen atoms in total. The lowest BCUT2D eigenvalue weighted by atomic mass is 10.1. The highest BCUT2D eigenvalue weighted by atomic mass is 16.2. The second-order valence-corrected chi connectivity index (χ2v) is 6.13. The molecule has 1 aliphatic rings. The molecule has 6 heteroatoms. The summed E-state index contributed by atoms with van der Waals surface area (Å²) in [6.07, 6.45) is 1.52. The Morgan fingerprint density at radius 2 is 1.95 bits per heavy atom. The highest BCUT2D eigenvalue weighted by molar-refractivity contribution is 5.98. The molecule has 0 spiro atoms. The van der Waals surface area contributed by atoms with Crippen LogP contribution in [0.1, 0.15) is 34.7 Å². The molecule has 2 heterocycles. The maximum absolute atomic E-state index is 12.5. The lowest BCUT2D eigenvalue weighted by Gasteiger charge is -2.32. The van der Waals surface area contributed by atoms with Gasteiger partial charge in [0, 0.05) is 44.5 Å². The van der Waals surface area contributed by atoms with Gasteiger partial charge in [0.2, 0.25) is 0 Å². The van der Waals surface area contributed by atoms with Gasteiger partial charge in [-0.05, 0) is 25.1 Å². The molecule has 1 aromatic rings. The summed E-state index contributed by atoms with van der Waals surface area (Å²) >= 11 is 0. The van der Waals surface area contributed by atoms with E-state index in [1.54, 1.807) is 17.0 Å². The van der Waals surface area contributed by atoms with Crippen LogP contribution in [0.2, 0.25) is 0 Å². The number of aromatic nitrogens is 1. The van der Waals surface area contributed by atoms with Crippen molar-refractivity contribution < 1.29 is 9.59 Å². The Bertz CT molecular complexity index is 537. The molecule has 0 aliphatic carbocycles. The van der Waals surface area contributed by atoms with Crippen LogP contribution in [0.4, 0.5) is 0 Å². The van der Waals surface area contributed by atoms with Gasteiger partial charge in [-0.15, -0.1) is 0 Å². The van der Waals surface area contributed by atoms with Crippen LogP contribution in [0, 0.1) is 5.92 Å². The van der Waals surface area contributed by atoms with Crippen LogP contribution in [0.25, 0.3) is 0 Å². The van der Waals surface area contributed by atoms with Crippen LogP contribution < -0.4 is 5.32 Å². The largest absolute Gasteiger partial charge is 0.352 e. The van der Waals surface area contributed by atoms with E-state index in [2.05, 4.69) is 15.2 Å². The molecule has 1 fully saturated rings. The molecule has 0 radical (unpaired) electrons. The first-order valence-corrected chi connectivity index (χ1v) is 7.69. The summed E-state index contributed by atoms with van der Waals surface area (Å²) in [4.78, 5) is 32.6. The SMILES string of the molecule is CC(C)CNC(=O)c1ccnc(C(=O)N2CCN(C)CC2)c1. The van der Waals surface area contributed by atoms with E-state index >= 15 is 0 Å². The Balaban J connectivity index is 2.04. The third-order valence-electron chi connectivity index (χ3n) is 3.70. The molecular weight excluding hydrogens is 280 g/mol. The van der Waals surface area contributed by atoms with Crippen molar-refractivity contribution in [3.63, 3.8) is 0 Å². The number of pyridine rings is 1. The van der Waals surface area contributed by atoms with Crippen molar-refractivity contribution in [3.05, 3.63) is 29.6 Å². The van der Waals surface area contributed by atoms with Crippen molar-refractivity contribution in [3.8, 4) is 0 Å². The molecule has 2 amide bonds. The molecule has 0 unspecified atom stereocenters. The zero-order valence-corrected chi connectivity index (χ0v) is 13.5. The van der Waals surface area contributed by atoms with Gasteiger partial charge in [0.05, 0.1) is 0 Å². The second kappa shape index (κ2) is 7.35. The summed E-state index contributed by atoms with van der Waals surface area (Å²) in [5.41, 5.74) is 0.815. The van der Waals surface area contributed by atoms with Gasteiger partial charge in [0.1, 0.15) is 5.69 Å². The lowest BCUT2D eigenvalue weighted by Crippen LogP contribution is -2.47. The van der Waals surface area contributed by atoms with E-state index in [-0.39, 0.29) is 11.8 Å². The number of nitrogens with one attached hydrogen (secondary N) is 1. The van der Waals surface area contributed by atoms with E-state index < -0.39 is 0 Å². The van der Waals surface area contributed by atoms with Gasteiger partial charge >= 0.3 is 0 Å². The predicted molar refractivity (Wildman–Crippen MR) is 84.8 cm³/mol. The number of hydrogen-bond donors (Lipinski definition) is 1. The molecule has 2 rings (SSSR count). The van der Waals surface area contributed by atoms with E-state index in [4.69, 9.17) is 0 Å². The van der Waals surface area contributed by atoms with Crippen molar-refractivity contribution in [1.82, 2.24) is 20.1 Å². The Morgan fingerprint density at radius 1 is 1.27 bits per heavy atom. The summed E-state index contributed by atoms with van der Waals surface area (Å²) in [5.74, 6) is 0.118. The minimum Gasteiger partial charge on any atom is -0.352 e. The third kappa shape index (κ3) is 4.27. The number of likely N-dealkylation sites (N-methyl/N-ethyl adjacent to an activating group) is 1. The van der Waals surface area contributed by atoms with Gasteiger partial charge in [-0.1, -0.05) is 13.8 Å². The zero-order valence-electron chi connectivity index (χ0n) is 13.5. The first-order valence-electron chi connectivity index (χ1n) is 7.69. The predicted octanol–water partition coefficient (Wildman–Crippen LogP) is 0.855.